The van der Waals surface area contributed by atoms with E-state index in [0.717, 1.165) is 17.8 Å². The lowest BCUT2D eigenvalue weighted by molar-refractivity contribution is -0.0524. The molecule has 3 atom stereocenters. The third-order valence-corrected chi connectivity index (χ3v) is 7.04. The van der Waals surface area contributed by atoms with Crippen molar-refractivity contribution < 1.29 is 0 Å². The highest BCUT2D eigenvalue weighted by atomic mass is 15.2. The number of nitrogens with zero attached hydrogens (tertiary/aromatic N) is 3. The van der Waals surface area contributed by atoms with Crippen molar-refractivity contribution in [2.75, 3.05) is 50.7 Å². The molecule has 0 amide bonds. The molecule has 0 spiro atoms. The van der Waals surface area contributed by atoms with Crippen LogP contribution in [0.1, 0.15) is 19.3 Å². The summed E-state index contributed by atoms with van der Waals surface area (Å²) in [6.45, 7) is 8.87. The van der Waals surface area contributed by atoms with E-state index in [2.05, 4.69) is 38.4 Å². The highest BCUT2D eigenvalue weighted by molar-refractivity contribution is 5.45. The van der Waals surface area contributed by atoms with Crippen LogP contribution in [0.25, 0.3) is 0 Å². The van der Waals surface area contributed by atoms with Gasteiger partial charge in [0.05, 0.1) is 11.9 Å². The quantitative estimate of drug-likeness (QED) is 0.903. The molecule has 4 bridgehead atoms. The number of fused-ring (bicyclic) bond motifs is 6. The summed E-state index contributed by atoms with van der Waals surface area (Å²) in [7, 11) is 0. The number of piperidine rings is 5. The minimum absolute atomic E-state index is 0.473. The minimum Gasteiger partial charge on any atom is -0.369 e. The summed E-state index contributed by atoms with van der Waals surface area (Å²) in [5, 5.41) is 3.80. The molecule has 5 saturated heterocycles. The zero-order chi connectivity index (χ0) is 15.3. The molecule has 0 aromatic carbocycles. The fourth-order valence-corrected chi connectivity index (χ4v) is 6.05. The fraction of sp³-hybridized carbons (Fsp3) is 0.737. The molecule has 4 nitrogen and oxygen atoms in total. The summed E-state index contributed by atoms with van der Waals surface area (Å²) in [5.74, 6) is 2.65. The molecule has 5 fully saturated rings. The van der Waals surface area contributed by atoms with Gasteiger partial charge >= 0.3 is 0 Å². The summed E-state index contributed by atoms with van der Waals surface area (Å²) in [5.41, 5.74) is 1.80. The Morgan fingerprint density at radius 3 is 2.87 bits per heavy atom. The lowest BCUT2D eigenvalue weighted by Gasteiger charge is -2.59. The van der Waals surface area contributed by atoms with Crippen LogP contribution in [0.3, 0.4) is 0 Å². The summed E-state index contributed by atoms with van der Waals surface area (Å²) >= 11 is 0. The number of nitrogens with one attached hydrogen (secondary N) is 1. The molecular weight excluding hydrogens is 284 g/mol. The van der Waals surface area contributed by atoms with Gasteiger partial charge in [-0.2, -0.15) is 0 Å². The van der Waals surface area contributed by atoms with Gasteiger partial charge in [-0.15, -0.1) is 0 Å². The average Bonchev–Trinajstić information content (AvgIpc) is 2.63. The normalized spacial score (nSPS) is 42.7. The summed E-state index contributed by atoms with van der Waals surface area (Å²) in [6.07, 6.45) is 8.25. The molecular formula is C19H28N4. The lowest BCUT2D eigenvalue weighted by Crippen LogP contribution is -2.65. The van der Waals surface area contributed by atoms with Gasteiger partial charge in [-0.1, -0.05) is 0 Å². The second kappa shape index (κ2) is 5.45. The van der Waals surface area contributed by atoms with E-state index in [0.29, 0.717) is 5.41 Å². The third-order valence-electron chi connectivity index (χ3n) is 7.04. The van der Waals surface area contributed by atoms with Gasteiger partial charge in [0.1, 0.15) is 0 Å². The maximum absolute atomic E-state index is 4.36. The van der Waals surface area contributed by atoms with Gasteiger partial charge in [-0.25, -0.2) is 0 Å². The van der Waals surface area contributed by atoms with Crippen molar-refractivity contribution in [2.24, 2.45) is 23.2 Å². The van der Waals surface area contributed by atoms with Crippen molar-refractivity contribution in [1.82, 2.24) is 15.2 Å². The first-order valence-electron chi connectivity index (χ1n) is 9.40. The first kappa shape index (κ1) is 14.2. The molecule has 6 rings (SSSR count). The van der Waals surface area contributed by atoms with Crippen molar-refractivity contribution in [3.63, 3.8) is 0 Å². The summed E-state index contributed by atoms with van der Waals surface area (Å²) in [4.78, 5) is 9.73. The van der Waals surface area contributed by atoms with Crippen molar-refractivity contribution >= 4 is 5.69 Å². The van der Waals surface area contributed by atoms with Crippen LogP contribution in [-0.4, -0.2) is 55.7 Å². The van der Waals surface area contributed by atoms with Crippen LogP contribution >= 0.6 is 0 Å². The third kappa shape index (κ3) is 2.38. The zero-order valence-electron chi connectivity index (χ0n) is 14.0. The van der Waals surface area contributed by atoms with E-state index in [4.69, 9.17) is 0 Å². The summed E-state index contributed by atoms with van der Waals surface area (Å²) in [6, 6.07) is 4.32. The molecule has 0 radical (unpaired) electrons. The van der Waals surface area contributed by atoms with Crippen LogP contribution in [0.15, 0.2) is 24.5 Å². The summed E-state index contributed by atoms with van der Waals surface area (Å²) < 4.78 is 0. The van der Waals surface area contributed by atoms with Crippen LogP contribution in [0, 0.1) is 23.2 Å². The Morgan fingerprint density at radius 1 is 1.22 bits per heavy atom. The van der Waals surface area contributed by atoms with Crippen LogP contribution in [0.2, 0.25) is 0 Å². The van der Waals surface area contributed by atoms with Crippen LogP contribution in [0.4, 0.5) is 5.69 Å². The molecule has 1 N–H and O–H groups in total. The molecule has 124 valence electrons. The Bertz CT molecular complexity index is 554. The maximum atomic E-state index is 4.36. The van der Waals surface area contributed by atoms with E-state index >= 15 is 0 Å². The number of hydrogen-bond donors (Lipinski definition) is 1. The van der Waals surface area contributed by atoms with Gasteiger partial charge in [0.25, 0.3) is 0 Å². The highest BCUT2D eigenvalue weighted by Gasteiger charge is 2.52. The molecule has 4 heteroatoms. The van der Waals surface area contributed by atoms with E-state index in [1.54, 1.807) is 0 Å². The number of pyridine rings is 1. The van der Waals surface area contributed by atoms with Crippen LogP contribution in [-0.2, 0) is 0 Å². The molecule has 1 aromatic heterocycles. The van der Waals surface area contributed by atoms with E-state index in [-0.39, 0.29) is 0 Å². The second-order valence-electron chi connectivity index (χ2n) is 8.40. The Kier molecular flexibility index (Phi) is 3.37. The number of rotatable bonds is 2. The average molecular weight is 312 g/mol. The topological polar surface area (TPSA) is 31.4 Å². The van der Waals surface area contributed by atoms with E-state index in [1.807, 2.05) is 6.20 Å². The molecule has 0 aliphatic carbocycles. The second-order valence-corrected chi connectivity index (χ2v) is 8.40. The predicted molar refractivity (Wildman–Crippen MR) is 92.5 cm³/mol. The van der Waals surface area contributed by atoms with Crippen molar-refractivity contribution in [2.45, 2.75) is 19.3 Å². The molecule has 0 saturated carbocycles. The Hall–Kier alpha value is -1.13. The van der Waals surface area contributed by atoms with E-state index < -0.39 is 0 Å². The van der Waals surface area contributed by atoms with Gasteiger partial charge in [-0.3, -0.25) is 4.98 Å². The standard InChI is InChI=1S/C19H28N4/c1-2-17(10-20-5-1)23-11-15-8-19(14-23,13-21-9-15)18-12-22-6-3-16(18)4-7-22/h1-2,5,10,15-16,18,21H,3-4,6-9,11-14H2. The molecule has 1 aromatic rings. The Balaban J connectivity index is 1.45. The predicted octanol–water partition coefficient (Wildman–Crippen LogP) is 1.84. The zero-order valence-corrected chi connectivity index (χ0v) is 14.0. The number of anilines is 1. The molecule has 3 unspecified atom stereocenters. The molecule has 5 aliphatic rings. The van der Waals surface area contributed by atoms with Crippen molar-refractivity contribution in [3.8, 4) is 0 Å². The largest absolute Gasteiger partial charge is 0.369 e. The van der Waals surface area contributed by atoms with E-state index in [1.165, 1.54) is 70.8 Å². The number of hydrogen-bond acceptors (Lipinski definition) is 4. The molecule has 6 heterocycles. The van der Waals surface area contributed by atoms with Gasteiger partial charge < -0.3 is 15.1 Å². The van der Waals surface area contributed by atoms with Crippen LogP contribution < -0.4 is 10.2 Å². The van der Waals surface area contributed by atoms with E-state index in [9.17, 15) is 0 Å². The van der Waals surface area contributed by atoms with Crippen LogP contribution in [0.5, 0.6) is 0 Å². The first-order chi connectivity index (χ1) is 11.3. The lowest BCUT2D eigenvalue weighted by atomic mass is 9.58. The highest BCUT2D eigenvalue weighted by Crippen LogP contribution is 2.50. The van der Waals surface area contributed by atoms with Gasteiger partial charge in [-0.05, 0) is 68.8 Å². The van der Waals surface area contributed by atoms with Gasteiger partial charge in [0, 0.05) is 37.8 Å². The van der Waals surface area contributed by atoms with Gasteiger partial charge in [0.15, 0.2) is 0 Å². The smallest absolute Gasteiger partial charge is 0.0553 e. The Labute approximate surface area is 139 Å². The fourth-order valence-electron chi connectivity index (χ4n) is 6.05. The van der Waals surface area contributed by atoms with Crippen molar-refractivity contribution in [3.05, 3.63) is 24.5 Å². The van der Waals surface area contributed by atoms with Crippen molar-refractivity contribution in [1.29, 1.82) is 0 Å². The molecule has 5 aliphatic heterocycles. The maximum Gasteiger partial charge on any atom is 0.0553 e. The monoisotopic (exact) mass is 312 g/mol. The SMILES string of the molecule is c1cncc(N2CC3CNCC(C4CN5CCC4CC5)(C3)C2)c1. The first-order valence-corrected chi connectivity index (χ1v) is 9.40. The Morgan fingerprint density at radius 2 is 2.13 bits per heavy atom. The van der Waals surface area contributed by atoms with Gasteiger partial charge in [0.2, 0.25) is 0 Å². The number of aromatic nitrogens is 1. The minimum atomic E-state index is 0.473. The molecule has 23 heavy (non-hydrogen) atoms.